The molecule has 0 atom stereocenters. The zero-order valence-electron chi connectivity index (χ0n) is 38.8. The monoisotopic (exact) mass is 932 g/mol. The molecule has 0 spiro atoms. The van der Waals surface area contributed by atoms with Crippen LogP contribution in [0.25, 0.3) is 0 Å². The highest BCUT2D eigenvalue weighted by atomic mass is 35.5. The molecule has 0 amide bonds. The van der Waals surface area contributed by atoms with E-state index in [-0.39, 0.29) is 21.5 Å². The maximum atomic E-state index is 13.1. The van der Waals surface area contributed by atoms with E-state index < -0.39 is 11.9 Å². The SMILES string of the molecule is CCCCCCCCCCCOc1ccc(N=Cc2ccc(C(=O)Oc3cc(OC(=O)c4ccc(C=Nc5ccc(OCCCCCCCCCCC)cc5)cc4)c(Cl)cc3Cl)cc2)cc1. The molecule has 0 N–H and O–H groups in total. The Bertz CT molecular complexity index is 2090. The molecule has 0 heterocycles. The number of carbonyl (C=O) groups excluding carboxylic acids is 2. The number of benzene rings is 5. The normalized spacial score (nSPS) is 11.3. The lowest BCUT2D eigenvalue weighted by atomic mass is 10.1. The van der Waals surface area contributed by atoms with Crippen molar-refractivity contribution in [3.8, 4) is 23.0 Å². The Morgan fingerprint density at radius 3 is 1.12 bits per heavy atom. The summed E-state index contributed by atoms with van der Waals surface area (Å²) in [6.45, 7) is 5.93. The standard InChI is InChI=1S/C56H66Cl2N2O6/c1-3-5-7-9-11-13-15-17-19-37-63-49-33-29-47(30-34-49)59-41-43-21-25-45(26-22-43)55(61)65-53-40-54(52(58)39-51(53)57)66-56(62)46-27-23-44(24-28-46)42-60-48-31-35-50(36-32-48)64-38-20-18-16-14-12-10-8-6-4-2/h21-36,39-42H,3-20,37-38H2,1-2H3. The molecule has 8 nitrogen and oxygen atoms in total. The van der Waals surface area contributed by atoms with Gasteiger partial charge in [0.1, 0.15) is 11.5 Å². The van der Waals surface area contributed by atoms with Crippen LogP contribution in [0.5, 0.6) is 23.0 Å². The second-order valence-electron chi connectivity index (χ2n) is 16.6. The van der Waals surface area contributed by atoms with E-state index in [2.05, 4.69) is 23.8 Å². The molecule has 0 aliphatic heterocycles. The predicted molar refractivity (Wildman–Crippen MR) is 272 cm³/mol. The van der Waals surface area contributed by atoms with Crippen molar-refractivity contribution < 1.29 is 28.5 Å². The molecule has 0 unspecified atom stereocenters. The predicted octanol–water partition coefficient (Wildman–Crippen LogP) is 16.8. The first kappa shape index (κ1) is 51.5. The number of rotatable bonds is 30. The Balaban J connectivity index is 1.03. The maximum absolute atomic E-state index is 13.1. The number of carbonyl (C=O) groups is 2. The van der Waals surface area contributed by atoms with Crippen LogP contribution in [0.2, 0.25) is 10.0 Å². The Labute approximate surface area is 402 Å². The Morgan fingerprint density at radius 1 is 0.439 bits per heavy atom. The van der Waals surface area contributed by atoms with Crippen LogP contribution < -0.4 is 18.9 Å². The van der Waals surface area contributed by atoms with Gasteiger partial charge in [-0.2, -0.15) is 0 Å². The third kappa shape index (κ3) is 19.2. The fourth-order valence-electron chi connectivity index (χ4n) is 7.16. The van der Waals surface area contributed by atoms with E-state index in [0.717, 1.165) is 46.8 Å². The summed E-state index contributed by atoms with van der Waals surface area (Å²) in [6.07, 6.45) is 26.5. The molecule has 0 saturated carbocycles. The molecule has 0 bridgehead atoms. The second-order valence-corrected chi connectivity index (χ2v) is 17.4. The van der Waals surface area contributed by atoms with Gasteiger partial charge in [-0.3, -0.25) is 9.98 Å². The van der Waals surface area contributed by atoms with Gasteiger partial charge in [0.25, 0.3) is 0 Å². The first-order valence-corrected chi connectivity index (χ1v) is 24.7. The zero-order chi connectivity index (χ0) is 46.6. The minimum atomic E-state index is -0.649. The largest absolute Gasteiger partial charge is 0.494 e. The van der Waals surface area contributed by atoms with Gasteiger partial charge < -0.3 is 18.9 Å². The summed E-state index contributed by atoms with van der Waals surface area (Å²) in [7, 11) is 0. The number of esters is 2. The summed E-state index contributed by atoms with van der Waals surface area (Å²) in [4.78, 5) is 35.4. The van der Waals surface area contributed by atoms with Gasteiger partial charge in [-0.05, 0) is 103 Å². The van der Waals surface area contributed by atoms with Gasteiger partial charge in [0, 0.05) is 18.5 Å². The highest BCUT2D eigenvalue weighted by Gasteiger charge is 2.18. The number of unbranched alkanes of at least 4 members (excludes halogenated alkanes) is 16. The molecule has 0 saturated heterocycles. The lowest BCUT2D eigenvalue weighted by Gasteiger charge is -2.11. The molecular weight excluding hydrogens is 868 g/mol. The molecule has 5 rings (SSSR count). The third-order valence-electron chi connectivity index (χ3n) is 11.1. The fraction of sp³-hybridized carbons (Fsp3) is 0.393. The number of nitrogens with zero attached hydrogens (tertiary/aromatic N) is 2. The molecule has 5 aromatic carbocycles. The van der Waals surface area contributed by atoms with Gasteiger partial charge in [-0.25, -0.2) is 9.59 Å². The van der Waals surface area contributed by atoms with Gasteiger partial charge in [0.15, 0.2) is 11.5 Å². The minimum Gasteiger partial charge on any atom is -0.494 e. The Kier molecular flexibility index (Phi) is 23.4. The summed E-state index contributed by atoms with van der Waals surface area (Å²) in [5, 5.41) is 0.161. The Hall–Kier alpha value is -5.44. The van der Waals surface area contributed by atoms with Crippen LogP contribution in [0.15, 0.2) is 119 Å². The Morgan fingerprint density at radius 2 is 0.773 bits per heavy atom. The summed E-state index contributed by atoms with van der Waals surface area (Å²) < 4.78 is 23.1. The summed E-state index contributed by atoms with van der Waals surface area (Å²) in [5.74, 6) is 0.346. The quantitative estimate of drug-likeness (QED) is 0.0197. The van der Waals surface area contributed by atoms with Crippen molar-refractivity contribution in [2.45, 2.75) is 129 Å². The summed E-state index contributed by atoms with van der Waals surface area (Å²) in [6, 6.07) is 31.7. The summed E-state index contributed by atoms with van der Waals surface area (Å²) >= 11 is 12.8. The average Bonchev–Trinajstić information content (AvgIpc) is 3.34. The number of ether oxygens (including phenoxy) is 4. The smallest absolute Gasteiger partial charge is 0.343 e. The van der Waals surface area contributed by atoms with Crippen LogP contribution >= 0.6 is 23.2 Å². The third-order valence-corrected chi connectivity index (χ3v) is 11.7. The van der Waals surface area contributed by atoms with E-state index >= 15 is 0 Å². The molecule has 66 heavy (non-hydrogen) atoms. The first-order chi connectivity index (χ1) is 32.3. The topological polar surface area (TPSA) is 95.8 Å². The van der Waals surface area contributed by atoms with Gasteiger partial charge in [0.2, 0.25) is 0 Å². The van der Waals surface area contributed by atoms with Crippen molar-refractivity contribution in [1.29, 1.82) is 0 Å². The number of hydrogen-bond donors (Lipinski definition) is 0. The molecule has 350 valence electrons. The molecule has 0 radical (unpaired) electrons. The van der Waals surface area contributed by atoms with Crippen molar-refractivity contribution in [3.63, 3.8) is 0 Å². The van der Waals surface area contributed by atoms with E-state index in [0.29, 0.717) is 24.3 Å². The minimum absolute atomic E-state index is 0.00921. The second kappa shape index (κ2) is 30.0. The van der Waals surface area contributed by atoms with Crippen LogP contribution in [0.4, 0.5) is 11.4 Å². The van der Waals surface area contributed by atoms with Crippen molar-refractivity contribution in [2.75, 3.05) is 13.2 Å². The van der Waals surface area contributed by atoms with Crippen LogP contribution in [0.3, 0.4) is 0 Å². The van der Waals surface area contributed by atoms with E-state index in [9.17, 15) is 9.59 Å². The van der Waals surface area contributed by atoms with Gasteiger partial charge in [0.05, 0.1) is 45.8 Å². The molecular formula is C56H66Cl2N2O6. The molecule has 5 aromatic rings. The molecule has 0 aliphatic carbocycles. The molecule has 0 aliphatic rings. The summed E-state index contributed by atoms with van der Waals surface area (Å²) in [5.41, 5.74) is 3.75. The van der Waals surface area contributed by atoms with Crippen LogP contribution in [0.1, 0.15) is 161 Å². The highest BCUT2D eigenvalue weighted by Crippen LogP contribution is 2.37. The lowest BCUT2D eigenvalue weighted by Crippen LogP contribution is -2.11. The van der Waals surface area contributed by atoms with Gasteiger partial charge >= 0.3 is 11.9 Å². The fourth-order valence-corrected chi connectivity index (χ4v) is 7.62. The molecule has 0 aromatic heterocycles. The molecule has 0 fully saturated rings. The number of hydrogen-bond acceptors (Lipinski definition) is 8. The average molecular weight is 934 g/mol. The van der Waals surface area contributed by atoms with Crippen LogP contribution in [-0.4, -0.2) is 37.6 Å². The van der Waals surface area contributed by atoms with Gasteiger partial charge in [-0.15, -0.1) is 0 Å². The van der Waals surface area contributed by atoms with E-state index in [1.54, 1.807) is 61.0 Å². The maximum Gasteiger partial charge on any atom is 0.343 e. The van der Waals surface area contributed by atoms with Gasteiger partial charge in [-0.1, -0.05) is 164 Å². The lowest BCUT2D eigenvalue weighted by molar-refractivity contribution is 0.0733. The van der Waals surface area contributed by atoms with Crippen LogP contribution in [-0.2, 0) is 0 Å². The number of halogens is 2. The van der Waals surface area contributed by atoms with Crippen LogP contribution in [0, 0.1) is 0 Å². The van der Waals surface area contributed by atoms with Crippen molar-refractivity contribution in [2.24, 2.45) is 9.98 Å². The first-order valence-electron chi connectivity index (χ1n) is 24.0. The molecule has 10 heteroatoms. The highest BCUT2D eigenvalue weighted by molar-refractivity contribution is 6.36. The van der Waals surface area contributed by atoms with Crippen molar-refractivity contribution in [1.82, 2.24) is 0 Å². The van der Waals surface area contributed by atoms with E-state index in [4.69, 9.17) is 42.1 Å². The van der Waals surface area contributed by atoms with E-state index in [1.807, 2.05) is 48.5 Å². The zero-order valence-corrected chi connectivity index (χ0v) is 40.3. The van der Waals surface area contributed by atoms with Crippen molar-refractivity contribution >= 4 is 58.9 Å². The number of aliphatic imine (C=N–C) groups is 2. The van der Waals surface area contributed by atoms with E-state index in [1.165, 1.54) is 115 Å². The van der Waals surface area contributed by atoms with Crippen molar-refractivity contribution in [3.05, 3.63) is 141 Å².